The number of aromatic nitrogens is 3. The Labute approximate surface area is 334 Å². The zero-order chi connectivity index (χ0) is 42.0. The summed E-state index contributed by atoms with van der Waals surface area (Å²) in [6, 6.07) is 4.03. The fraction of sp³-hybridized carbons (Fsp3) is 0.537. The van der Waals surface area contributed by atoms with Crippen molar-refractivity contribution in [2.24, 2.45) is 0 Å². The van der Waals surface area contributed by atoms with Gasteiger partial charge in [0.25, 0.3) is 0 Å². The minimum absolute atomic E-state index is 0.00657. The van der Waals surface area contributed by atoms with Crippen molar-refractivity contribution in [1.29, 1.82) is 0 Å². The summed E-state index contributed by atoms with van der Waals surface area (Å²) >= 11 is 0. The van der Waals surface area contributed by atoms with Gasteiger partial charge in [0.2, 0.25) is 23.6 Å². The van der Waals surface area contributed by atoms with Crippen molar-refractivity contribution in [3.63, 3.8) is 0 Å². The molecule has 2 saturated heterocycles. The smallest absolute Gasteiger partial charge is 0.245 e. The van der Waals surface area contributed by atoms with Crippen LogP contribution in [0.5, 0.6) is 0 Å². The Kier molecular flexibility index (Phi) is 13.1. The molecule has 0 spiro atoms. The topological polar surface area (TPSA) is 156 Å². The summed E-state index contributed by atoms with van der Waals surface area (Å²) in [5.41, 5.74) is 2.17. The zero-order valence-corrected chi connectivity index (χ0v) is 33.7. The number of benzene rings is 2. The molecular weight excluding hydrogens is 759 g/mol. The fourth-order valence-corrected chi connectivity index (χ4v) is 8.11. The lowest BCUT2D eigenvalue weighted by Gasteiger charge is -2.30. The van der Waals surface area contributed by atoms with Crippen molar-refractivity contribution in [3.8, 4) is 11.5 Å². The summed E-state index contributed by atoms with van der Waals surface area (Å²) < 4.78 is 61.9. The fourth-order valence-electron chi connectivity index (χ4n) is 8.11. The van der Waals surface area contributed by atoms with Crippen molar-refractivity contribution in [1.82, 2.24) is 45.6 Å². The lowest BCUT2D eigenvalue weighted by molar-refractivity contribution is -0.138. The molecule has 5 N–H and O–H groups in total. The standard InChI is InChI=1S/C41H53F4N9O4/c1-7-31(50-38(55)21(3)46-5)40(57)52-18-25(44)13-27(52)17-30-29-11-9-23(42)15-33(29)48-36(30)37-49-34-16-24(43)10-12-35(34)54(37)20-28-14-26(45)19-53(28)41(58)32(8-2)51-39(56)22(4)47-6/h9-12,15-16,21-22,25-28,31-32,46-48H,7-8,13-14,17-20H2,1-6H3,(H,50,55)(H,51,56). The summed E-state index contributed by atoms with van der Waals surface area (Å²) in [7, 11) is 3.26. The van der Waals surface area contributed by atoms with Crippen LogP contribution in [0.1, 0.15) is 58.9 Å². The molecule has 8 unspecified atom stereocenters. The molecule has 13 nitrogen and oxygen atoms in total. The van der Waals surface area contributed by atoms with Crippen LogP contribution in [-0.2, 0) is 32.1 Å². The number of alkyl halides is 2. The van der Waals surface area contributed by atoms with Gasteiger partial charge in [0, 0.05) is 42.4 Å². The number of nitrogens with zero attached hydrogens (tertiary/aromatic N) is 4. The number of carbonyl (C=O) groups excluding carboxylic acids is 4. The molecule has 4 amide bonds. The van der Waals surface area contributed by atoms with Crippen LogP contribution < -0.4 is 21.3 Å². The predicted molar refractivity (Wildman–Crippen MR) is 212 cm³/mol. The summed E-state index contributed by atoms with van der Waals surface area (Å²) in [4.78, 5) is 64.5. The van der Waals surface area contributed by atoms with Gasteiger partial charge in [-0.2, -0.15) is 0 Å². The molecule has 4 heterocycles. The number of H-pyrrole nitrogens is 1. The molecule has 6 rings (SSSR count). The van der Waals surface area contributed by atoms with Crippen molar-refractivity contribution < 1.29 is 36.7 Å². The third-order valence-corrected chi connectivity index (χ3v) is 11.6. The van der Waals surface area contributed by atoms with Crippen molar-refractivity contribution in [2.45, 2.75) is 115 Å². The van der Waals surface area contributed by atoms with E-state index in [2.05, 4.69) is 26.3 Å². The highest BCUT2D eigenvalue weighted by molar-refractivity contribution is 5.93. The van der Waals surface area contributed by atoms with Crippen LogP contribution >= 0.6 is 0 Å². The third kappa shape index (κ3) is 8.70. The molecule has 58 heavy (non-hydrogen) atoms. The van der Waals surface area contributed by atoms with Gasteiger partial charge in [-0.15, -0.1) is 0 Å². The monoisotopic (exact) mass is 811 g/mol. The largest absolute Gasteiger partial charge is 0.352 e. The first-order valence-electron chi connectivity index (χ1n) is 20.0. The van der Waals surface area contributed by atoms with E-state index in [0.717, 1.165) is 0 Å². The van der Waals surface area contributed by atoms with Crippen molar-refractivity contribution >= 4 is 45.6 Å². The van der Waals surface area contributed by atoms with E-state index in [0.29, 0.717) is 27.7 Å². The number of fused-ring (bicyclic) bond motifs is 2. The third-order valence-electron chi connectivity index (χ3n) is 11.6. The number of imidazole rings is 1. The summed E-state index contributed by atoms with van der Waals surface area (Å²) in [6.07, 6.45) is -2.01. The van der Waals surface area contributed by atoms with Gasteiger partial charge in [0.1, 0.15) is 36.1 Å². The second-order valence-electron chi connectivity index (χ2n) is 15.5. The van der Waals surface area contributed by atoms with Crippen molar-refractivity contribution in [3.05, 3.63) is 53.6 Å². The number of amides is 4. The minimum Gasteiger partial charge on any atom is -0.352 e. The van der Waals surface area contributed by atoms with Gasteiger partial charge in [-0.25, -0.2) is 22.5 Å². The molecule has 2 aromatic heterocycles. The SMILES string of the molecule is CCC(NC(=O)C(C)NC)C(=O)N1CC(F)CC1Cc1c(-c2nc3cc(F)ccc3n2CC2CC(F)CN2C(=O)C(CC)NC(=O)C(C)NC)[nH]c2cc(F)ccc12. The molecule has 4 aromatic rings. The number of likely N-dealkylation sites (N-methyl/N-ethyl adjacent to an activating group) is 2. The van der Waals surface area contributed by atoms with Crippen LogP contribution in [0.2, 0.25) is 0 Å². The van der Waals surface area contributed by atoms with E-state index in [4.69, 9.17) is 4.98 Å². The van der Waals surface area contributed by atoms with E-state index in [1.807, 2.05) is 0 Å². The number of rotatable bonds is 15. The second-order valence-corrected chi connectivity index (χ2v) is 15.5. The molecule has 0 aliphatic carbocycles. The van der Waals surface area contributed by atoms with Gasteiger partial charge in [0.15, 0.2) is 5.82 Å². The van der Waals surface area contributed by atoms with Gasteiger partial charge >= 0.3 is 0 Å². The maximum atomic E-state index is 15.3. The number of halogens is 4. The molecule has 314 valence electrons. The molecular formula is C41H53F4N9O4. The first-order chi connectivity index (χ1) is 27.7. The molecule has 0 radical (unpaired) electrons. The number of carbonyl (C=O) groups is 4. The Morgan fingerprint density at radius 2 is 1.34 bits per heavy atom. The number of hydrogen-bond acceptors (Lipinski definition) is 7. The van der Waals surface area contributed by atoms with Gasteiger partial charge in [-0.1, -0.05) is 13.8 Å². The lowest BCUT2D eigenvalue weighted by Crippen LogP contribution is -2.53. The Hall–Kier alpha value is -5.03. The average molecular weight is 812 g/mol. The first-order valence-corrected chi connectivity index (χ1v) is 20.0. The molecule has 0 bridgehead atoms. The highest BCUT2D eigenvalue weighted by Gasteiger charge is 2.41. The molecule has 2 fully saturated rings. The highest BCUT2D eigenvalue weighted by Crippen LogP contribution is 2.37. The van der Waals surface area contributed by atoms with Crippen LogP contribution in [0.15, 0.2) is 36.4 Å². The maximum Gasteiger partial charge on any atom is 0.245 e. The first kappa shape index (κ1) is 42.6. The Morgan fingerprint density at radius 1 is 0.810 bits per heavy atom. The van der Waals surface area contributed by atoms with E-state index in [1.165, 1.54) is 34.1 Å². The Morgan fingerprint density at radius 3 is 1.91 bits per heavy atom. The number of aromatic amines is 1. The van der Waals surface area contributed by atoms with Crippen LogP contribution in [0.4, 0.5) is 17.6 Å². The number of likely N-dealkylation sites (tertiary alicyclic amines) is 2. The molecule has 17 heteroatoms. The van der Waals surface area contributed by atoms with Gasteiger partial charge in [-0.05, 0) is 83.1 Å². The zero-order valence-electron chi connectivity index (χ0n) is 33.7. The molecule has 8 atom stereocenters. The van der Waals surface area contributed by atoms with Crippen molar-refractivity contribution in [2.75, 3.05) is 27.2 Å². The Balaban J connectivity index is 1.40. The Bertz CT molecular complexity index is 2010. The van der Waals surface area contributed by atoms with Gasteiger partial charge in [-0.3, -0.25) is 19.2 Å². The number of hydrogen-bond donors (Lipinski definition) is 5. The van der Waals surface area contributed by atoms with E-state index >= 15 is 8.78 Å². The van der Waals surface area contributed by atoms with E-state index in [1.54, 1.807) is 58.5 Å². The molecule has 2 aliphatic heterocycles. The number of nitrogens with one attached hydrogen (secondary N) is 5. The van der Waals surface area contributed by atoms with E-state index < -0.39 is 72.0 Å². The van der Waals surface area contributed by atoms with Crippen LogP contribution in [0.3, 0.4) is 0 Å². The second kappa shape index (κ2) is 17.9. The maximum absolute atomic E-state index is 15.3. The van der Waals surface area contributed by atoms with E-state index in [-0.39, 0.29) is 74.9 Å². The molecule has 2 aliphatic rings. The lowest BCUT2D eigenvalue weighted by atomic mass is 9.99. The molecule has 0 saturated carbocycles. The minimum atomic E-state index is -1.35. The van der Waals surface area contributed by atoms with Gasteiger partial charge < -0.3 is 40.6 Å². The van der Waals surface area contributed by atoms with Crippen LogP contribution in [-0.4, -0.2) is 124 Å². The van der Waals surface area contributed by atoms with Gasteiger partial charge in [0.05, 0.1) is 47.9 Å². The average Bonchev–Trinajstić information content (AvgIpc) is 3.96. The normalized spacial score (nSPS) is 21.7. The highest BCUT2D eigenvalue weighted by atomic mass is 19.1. The quantitative estimate of drug-likeness (QED) is 0.114. The molecule has 2 aromatic carbocycles. The van der Waals surface area contributed by atoms with Crippen LogP contribution in [0, 0.1) is 11.6 Å². The predicted octanol–water partition coefficient (Wildman–Crippen LogP) is 3.89. The summed E-state index contributed by atoms with van der Waals surface area (Å²) in [5, 5.41) is 11.8. The summed E-state index contributed by atoms with van der Waals surface area (Å²) in [6.45, 7) is 6.52. The van der Waals surface area contributed by atoms with E-state index in [9.17, 15) is 28.0 Å². The summed E-state index contributed by atoms with van der Waals surface area (Å²) in [5.74, 6) is -2.37. The van der Waals surface area contributed by atoms with Crippen LogP contribution in [0.25, 0.3) is 33.5 Å².